The molecule has 10 heteroatoms. The van der Waals surface area contributed by atoms with Crippen molar-refractivity contribution in [3.05, 3.63) is 42.3 Å². The fraction of sp³-hybridized carbons (Fsp3) is 0.200. The molecule has 5 rings (SSSR count). The van der Waals surface area contributed by atoms with Crippen molar-refractivity contribution < 1.29 is 14.0 Å². The van der Waals surface area contributed by atoms with Gasteiger partial charge < -0.3 is 10.6 Å². The van der Waals surface area contributed by atoms with Crippen LogP contribution in [0, 0.1) is 5.82 Å². The Bertz CT molecular complexity index is 1310. The first-order valence-corrected chi connectivity index (χ1v) is 10.1. The van der Waals surface area contributed by atoms with E-state index < -0.39 is 11.4 Å². The summed E-state index contributed by atoms with van der Waals surface area (Å²) in [5, 5.41) is 17.0. The van der Waals surface area contributed by atoms with Gasteiger partial charge in [0, 0.05) is 18.0 Å². The maximum atomic E-state index is 13.9. The highest BCUT2D eigenvalue weighted by atomic mass is 32.1. The summed E-state index contributed by atoms with van der Waals surface area (Å²) in [6, 6.07) is 8.07. The van der Waals surface area contributed by atoms with Crippen LogP contribution in [0.25, 0.3) is 21.1 Å². The number of benzene rings is 2. The molecule has 2 heterocycles. The van der Waals surface area contributed by atoms with Gasteiger partial charge in [-0.05, 0) is 43.2 Å². The van der Waals surface area contributed by atoms with Crippen LogP contribution in [0.1, 0.15) is 19.8 Å². The molecule has 0 bridgehead atoms. The summed E-state index contributed by atoms with van der Waals surface area (Å²) in [5.74, 6) is -1.10. The second-order valence-corrected chi connectivity index (χ2v) is 8.30. The van der Waals surface area contributed by atoms with Crippen LogP contribution in [0.3, 0.4) is 0 Å². The van der Waals surface area contributed by atoms with E-state index in [4.69, 9.17) is 0 Å². The zero-order valence-corrected chi connectivity index (χ0v) is 16.7. The number of carbonyl (C=O) groups is 2. The molecule has 4 N–H and O–H groups in total. The predicted octanol–water partition coefficient (Wildman–Crippen LogP) is 3.85. The molecule has 0 radical (unpaired) electrons. The number of aromatic nitrogens is 3. The van der Waals surface area contributed by atoms with Gasteiger partial charge in [0.2, 0.25) is 5.91 Å². The molecule has 0 spiro atoms. The highest BCUT2D eigenvalue weighted by Crippen LogP contribution is 2.41. The zero-order valence-electron chi connectivity index (χ0n) is 15.9. The van der Waals surface area contributed by atoms with Crippen molar-refractivity contribution in [2.75, 3.05) is 16.0 Å². The van der Waals surface area contributed by atoms with Crippen molar-refractivity contribution >= 4 is 60.8 Å². The van der Waals surface area contributed by atoms with Crippen LogP contribution in [-0.2, 0) is 9.59 Å². The molecule has 1 aliphatic rings. The molecule has 8 nitrogen and oxygen atoms in total. The number of nitrogens with zero attached hydrogens (tertiary/aromatic N) is 2. The third kappa shape index (κ3) is 3.24. The summed E-state index contributed by atoms with van der Waals surface area (Å²) in [5.41, 5.74) is 1.54. The molecule has 1 aliphatic carbocycles. The number of H-pyrrole nitrogens is 1. The van der Waals surface area contributed by atoms with Gasteiger partial charge in [0.1, 0.15) is 11.4 Å². The number of carbonyl (C=O) groups excluding carboxylic acids is 2. The van der Waals surface area contributed by atoms with Crippen molar-refractivity contribution in [1.82, 2.24) is 15.2 Å². The normalized spacial score (nSPS) is 14.6. The van der Waals surface area contributed by atoms with E-state index >= 15 is 0 Å². The molecule has 0 aliphatic heterocycles. The van der Waals surface area contributed by atoms with Crippen LogP contribution in [-0.4, -0.2) is 32.5 Å². The molecule has 30 heavy (non-hydrogen) atoms. The van der Waals surface area contributed by atoms with Gasteiger partial charge in [-0.25, -0.2) is 9.37 Å². The summed E-state index contributed by atoms with van der Waals surface area (Å²) >= 11 is 1.39. The lowest BCUT2D eigenvalue weighted by Crippen LogP contribution is -2.36. The number of halogens is 1. The van der Waals surface area contributed by atoms with Gasteiger partial charge in [0.25, 0.3) is 5.91 Å². The van der Waals surface area contributed by atoms with Gasteiger partial charge in [-0.2, -0.15) is 5.10 Å². The smallest absolute Gasteiger partial charge is 0.251 e. The Morgan fingerprint density at radius 1 is 1.20 bits per heavy atom. The molecular weight excluding hydrogens is 407 g/mol. The number of fused-ring (bicyclic) bond motifs is 3. The minimum Gasteiger partial charge on any atom is -0.371 e. The van der Waals surface area contributed by atoms with E-state index in [0.717, 1.165) is 21.1 Å². The van der Waals surface area contributed by atoms with Gasteiger partial charge in [0.05, 0.1) is 27.6 Å². The van der Waals surface area contributed by atoms with Gasteiger partial charge in [0.15, 0.2) is 5.13 Å². The van der Waals surface area contributed by atoms with Crippen LogP contribution >= 0.6 is 11.3 Å². The second kappa shape index (κ2) is 6.77. The molecule has 0 unspecified atom stereocenters. The first-order chi connectivity index (χ1) is 14.4. The fourth-order valence-corrected chi connectivity index (χ4v) is 4.35. The van der Waals surface area contributed by atoms with E-state index in [9.17, 15) is 14.0 Å². The molecule has 1 fully saturated rings. The van der Waals surface area contributed by atoms with Crippen molar-refractivity contribution in [3.8, 4) is 0 Å². The fourth-order valence-electron chi connectivity index (χ4n) is 3.37. The lowest BCUT2D eigenvalue weighted by molar-refractivity contribution is -0.117. The first-order valence-electron chi connectivity index (χ1n) is 9.33. The van der Waals surface area contributed by atoms with E-state index in [-0.39, 0.29) is 17.5 Å². The lowest BCUT2D eigenvalue weighted by Gasteiger charge is -2.18. The molecular formula is C20H17FN6O2S. The summed E-state index contributed by atoms with van der Waals surface area (Å²) in [4.78, 5) is 28.7. The maximum Gasteiger partial charge on any atom is 0.251 e. The van der Waals surface area contributed by atoms with E-state index in [1.165, 1.54) is 30.4 Å². The Labute approximate surface area is 173 Å². The number of nitrogens with one attached hydrogen (secondary N) is 4. The standard InChI is InChI=1S/C20H17FN6O2S/c1-10(28)23-16-8-11(2-3-13(16)21)26-20(6-7-20)18(29)25-19-24-15-5-4-14-12(9-22-27-14)17(15)30-19/h2-5,8-9,26H,6-7H2,1H3,(H,22,27)(H,23,28)(H,24,25,29). The molecule has 4 aromatic rings. The number of hydrogen-bond donors (Lipinski definition) is 4. The molecule has 0 saturated heterocycles. The summed E-state index contributed by atoms with van der Waals surface area (Å²) in [6.45, 7) is 1.31. The average molecular weight is 424 g/mol. The second-order valence-electron chi connectivity index (χ2n) is 7.30. The number of amides is 2. The highest BCUT2D eigenvalue weighted by Gasteiger charge is 2.50. The summed E-state index contributed by atoms with van der Waals surface area (Å²) in [7, 11) is 0. The Morgan fingerprint density at radius 3 is 2.80 bits per heavy atom. The number of thiazole rings is 1. The highest BCUT2D eigenvalue weighted by molar-refractivity contribution is 7.23. The van der Waals surface area contributed by atoms with Gasteiger partial charge in [-0.15, -0.1) is 0 Å². The lowest BCUT2D eigenvalue weighted by atomic mass is 10.2. The van der Waals surface area contributed by atoms with E-state index in [1.54, 1.807) is 12.3 Å². The Kier molecular flexibility index (Phi) is 4.17. The predicted molar refractivity (Wildman–Crippen MR) is 114 cm³/mol. The minimum absolute atomic E-state index is 0.0685. The van der Waals surface area contributed by atoms with Gasteiger partial charge >= 0.3 is 0 Å². The van der Waals surface area contributed by atoms with Crippen LogP contribution < -0.4 is 16.0 Å². The first kappa shape index (κ1) is 18.5. The van der Waals surface area contributed by atoms with Crippen LogP contribution in [0.4, 0.5) is 20.9 Å². The summed E-state index contributed by atoms with van der Waals surface area (Å²) in [6.07, 6.45) is 3.03. The van der Waals surface area contributed by atoms with E-state index in [0.29, 0.717) is 23.7 Å². The van der Waals surface area contributed by atoms with E-state index in [1.807, 2.05) is 12.1 Å². The largest absolute Gasteiger partial charge is 0.371 e. The van der Waals surface area contributed by atoms with Crippen molar-refractivity contribution in [1.29, 1.82) is 0 Å². The van der Waals surface area contributed by atoms with Gasteiger partial charge in [-0.3, -0.25) is 20.0 Å². The van der Waals surface area contributed by atoms with Crippen molar-refractivity contribution in [2.45, 2.75) is 25.3 Å². The number of aromatic amines is 1. The molecule has 0 atom stereocenters. The molecule has 2 aromatic carbocycles. The van der Waals surface area contributed by atoms with Crippen LogP contribution in [0.5, 0.6) is 0 Å². The topological polar surface area (TPSA) is 112 Å². The Balaban J connectivity index is 1.36. The Morgan fingerprint density at radius 2 is 2.03 bits per heavy atom. The number of rotatable bonds is 5. The Hall–Kier alpha value is -3.53. The molecule has 2 amide bonds. The zero-order chi connectivity index (χ0) is 20.9. The third-order valence-electron chi connectivity index (χ3n) is 5.04. The number of anilines is 3. The SMILES string of the molecule is CC(=O)Nc1cc(NC2(C(=O)Nc3nc4ccc5[nH]ncc5c4s3)CC2)ccc1F. The summed E-state index contributed by atoms with van der Waals surface area (Å²) < 4.78 is 14.8. The third-order valence-corrected chi connectivity index (χ3v) is 6.06. The quantitative estimate of drug-likeness (QED) is 0.389. The van der Waals surface area contributed by atoms with Crippen molar-refractivity contribution in [3.63, 3.8) is 0 Å². The van der Waals surface area contributed by atoms with Crippen LogP contribution in [0.2, 0.25) is 0 Å². The van der Waals surface area contributed by atoms with Crippen LogP contribution in [0.15, 0.2) is 36.5 Å². The van der Waals surface area contributed by atoms with Crippen molar-refractivity contribution in [2.24, 2.45) is 0 Å². The minimum atomic E-state index is -0.784. The average Bonchev–Trinajstić information content (AvgIpc) is 3.13. The van der Waals surface area contributed by atoms with Gasteiger partial charge in [-0.1, -0.05) is 11.3 Å². The molecule has 2 aromatic heterocycles. The monoisotopic (exact) mass is 424 g/mol. The maximum absolute atomic E-state index is 13.9. The molecule has 152 valence electrons. The molecule has 1 saturated carbocycles. The number of hydrogen-bond acceptors (Lipinski definition) is 6. The van der Waals surface area contributed by atoms with E-state index in [2.05, 4.69) is 31.1 Å².